The van der Waals surface area contributed by atoms with Crippen LogP contribution in [0.5, 0.6) is 0 Å². The van der Waals surface area contributed by atoms with Gasteiger partial charge in [0.1, 0.15) is 11.6 Å². The molecule has 0 aliphatic heterocycles. The fourth-order valence-corrected chi connectivity index (χ4v) is 4.69. The minimum Gasteiger partial charge on any atom is -0.383 e. The SMILES string of the molecule is CC(=O)N(C)N(Cc1ccc(-c2cncs2)cc1F)C(=O)c1ccc2nc(N)c3cnn(C)c3c2c1. The highest BCUT2D eigenvalue weighted by Gasteiger charge is 2.25. The Bertz CT molecular complexity index is 1630. The van der Waals surface area contributed by atoms with E-state index in [2.05, 4.69) is 15.1 Å². The van der Waals surface area contributed by atoms with Crippen LogP contribution in [0, 0.1) is 5.82 Å². The third-order valence-corrected chi connectivity index (χ3v) is 6.92. The molecule has 9 nitrogen and oxygen atoms in total. The van der Waals surface area contributed by atoms with E-state index in [4.69, 9.17) is 5.73 Å². The number of hydrazine groups is 1. The van der Waals surface area contributed by atoms with Gasteiger partial charge < -0.3 is 5.73 Å². The molecule has 0 atom stereocenters. The molecule has 0 saturated heterocycles. The maximum atomic E-state index is 15.1. The molecule has 0 unspecified atom stereocenters. The van der Waals surface area contributed by atoms with Gasteiger partial charge in [-0.15, -0.1) is 11.3 Å². The molecule has 11 heteroatoms. The number of fused-ring (bicyclic) bond motifs is 3. The molecular formula is C25H22FN7O2S. The molecule has 2 amide bonds. The standard InChI is InChI=1S/C25H22FN7O2S/c1-14(34)32(3)33(12-17-5-4-15(9-20(17)26)22-11-28-13-36-22)25(35)16-6-7-21-18(8-16)23-19(24(27)30-21)10-29-31(23)2/h4-11,13H,12H2,1-3H3,(H2,27,30). The number of hydrogen-bond acceptors (Lipinski definition) is 7. The van der Waals surface area contributed by atoms with E-state index < -0.39 is 11.7 Å². The van der Waals surface area contributed by atoms with Crippen LogP contribution in [0.2, 0.25) is 0 Å². The Hall–Kier alpha value is -4.38. The zero-order valence-corrected chi connectivity index (χ0v) is 20.6. The van der Waals surface area contributed by atoms with Crippen LogP contribution in [-0.4, -0.2) is 48.6 Å². The highest BCUT2D eigenvalue weighted by molar-refractivity contribution is 7.13. The van der Waals surface area contributed by atoms with Gasteiger partial charge in [-0.1, -0.05) is 12.1 Å². The van der Waals surface area contributed by atoms with Crippen LogP contribution in [0.4, 0.5) is 10.2 Å². The predicted octanol–water partition coefficient (Wildman–Crippen LogP) is 4.00. The summed E-state index contributed by atoms with van der Waals surface area (Å²) in [6.45, 7) is 1.21. The van der Waals surface area contributed by atoms with Gasteiger partial charge in [-0.25, -0.2) is 14.4 Å². The van der Waals surface area contributed by atoms with E-state index >= 15 is 4.39 Å². The number of aromatic nitrogens is 4. The second-order valence-electron chi connectivity index (χ2n) is 8.34. The Labute approximate surface area is 209 Å². The number of nitrogens with zero attached hydrogens (tertiary/aromatic N) is 6. The van der Waals surface area contributed by atoms with Crippen LogP contribution in [0.1, 0.15) is 22.8 Å². The number of nitrogens with two attached hydrogens (primary N) is 1. The van der Waals surface area contributed by atoms with Crippen molar-refractivity contribution in [3.8, 4) is 10.4 Å². The molecule has 182 valence electrons. The van der Waals surface area contributed by atoms with E-state index in [1.165, 1.54) is 41.4 Å². The highest BCUT2D eigenvalue weighted by Crippen LogP contribution is 2.29. The van der Waals surface area contributed by atoms with Gasteiger partial charge >= 0.3 is 0 Å². The Balaban J connectivity index is 1.54. The first-order valence-corrected chi connectivity index (χ1v) is 11.9. The zero-order valence-electron chi connectivity index (χ0n) is 19.8. The second-order valence-corrected chi connectivity index (χ2v) is 9.22. The summed E-state index contributed by atoms with van der Waals surface area (Å²) < 4.78 is 16.7. The van der Waals surface area contributed by atoms with Crippen molar-refractivity contribution in [1.82, 2.24) is 29.8 Å². The number of pyridine rings is 1. The van der Waals surface area contributed by atoms with E-state index in [0.717, 1.165) is 10.4 Å². The summed E-state index contributed by atoms with van der Waals surface area (Å²) in [5.74, 6) is -0.965. The van der Waals surface area contributed by atoms with E-state index in [9.17, 15) is 9.59 Å². The van der Waals surface area contributed by atoms with Crippen molar-refractivity contribution in [3.05, 3.63) is 71.2 Å². The third-order valence-electron chi connectivity index (χ3n) is 6.10. The average molecular weight is 504 g/mol. The number of carbonyl (C=O) groups is 2. The van der Waals surface area contributed by atoms with Gasteiger partial charge in [0, 0.05) is 43.7 Å². The first kappa shape index (κ1) is 23.4. The predicted molar refractivity (Wildman–Crippen MR) is 136 cm³/mol. The fraction of sp³-hybridized carbons (Fsp3) is 0.160. The normalized spacial score (nSPS) is 11.2. The van der Waals surface area contributed by atoms with Gasteiger partial charge in [-0.05, 0) is 29.8 Å². The minimum atomic E-state index is -0.481. The topological polar surface area (TPSA) is 110 Å². The van der Waals surface area contributed by atoms with Gasteiger partial charge in [0.05, 0.1) is 39.5 Å². The molecule has 2 aromatic carbocycles. The Morgan fingerprint density at radius 1 is 1.14 bits per heavy atom. The lowest BCUT2D eigenvalue weighted by Gasteiger charge is -2.31. The van der Waals surface area contributed by atoms with Crippen molar-refractivity contribution in [2.75, 3.05) is 12.8 Å². The Kier molecular flexibility index (Phi) is 5.84. The Morgan fingerprint density at radius 2 is 1.94 bits per heavy atom. The lowest BCUT2D eigenvalue weighted by Crippen LogP contribution is -2.46. The quantitative estimate of drug-likeness (QED) is 0.371. The number of halogens is 1. The summed E-state index contributed by atoms with van der Waals surface area (Å²) in [7, 11) is 3.26. The van der Waals surface area contributed by atoms with Crippen LogP contribution in [0.15, 0.2) is 54.3 Å². The summed E-state index contributed by atoms with van der Waals surface area (Å²) in [6.07, 6.45) is 3.29. The number of thiazole rings is 1. The highest BCUT2D eigenvalue weighted by atomic mass is 32.1. The fourth-order valence-electron chi connectivity index (χ4n) is 4.07. The van der Waals surface area contributed by atoms with E-state index in [1.54, 1.807) is 60.0 Å². The average Bonchev–Trinajstić information content (AvgIpc) is 3.53. The Morgan fingerprint density at radius 3 is 2.64 bits per heavy atom. The van der Waals surface area contributed by atoms with Gasteiger partial charge in [-0.2, -0.15) is 5.10 Å². The maximum absolute atomic E-state index is 15.1. The number of amides is 2. The van der Waals surface area contributed by atoms with Crippen LogP contribution < -0.4 is 5.73 Å². The van der Waals surface area contributed by atoms with Crippen molar-refractivity contribution >= 4 is 50.8 Å². The summed E-state index contributed by atoms with van der Waals surface area (Å²) in [4.78, 5) is 35.2. The molecule has 0 bridgehead atoms. The summed E-state index contributed by atoms with van der Waals surface area (Å²) in [6, 6.07) is 9.80. The molecule has 0 saturated carbocycles. The molecular weight excluding hydrogens is 481 g/mol. The van der Waals surface area contributed by atoms with Gasteiger partial charge in [0.2, 0.25) is 5.91 Å². The monoisotopic (exact) mass is 503 g/mol. The summed E-state index contributed by atoms with van der Waals surface area (Å²) in [5, 5.41) is 8.04. The molecule has 0 aliphatic carbocycles. The van der Waals surface area contributed by atoms with E-state index in [1.807, 2.05) is 0 Å². The number of carbonyl (C=O) groups excluding carboxylic acids is 2. The molecule has 3 aromatic heterocycles. The van der Waals surface area contributed by atoms with Gasteiger partial charge in [-0.3, -0.25) is 24.3 Å². The molecule has 0 fully saturated rings. The van der Waals surface area contributed by atoms with Crippen LogP contribution in [-0.2, 0) is 18.4 Å². The first-order chi connectivity index (χ1) is 17.2. The largest absolute Gasteiger partial charge is 0.383 e. The van der Waals surface area contributed by atoms with Gasteiger partial charge in [0.15, 0.2) is 0 Å². The number of aryl methyl sites for hydroxylation is 1. The number of nitrogen functional groups attached to an aromatic ring is 1. The van der Waals surface area contributed by atoms with E-state index in [-0.39, 0.29) is 18.0 Å². The smallest absolute Gasteiger partial charge is 0.272 e. The van der Waals surface area contributed by atoms with Crippen molar-refractivity contribution in [3.63, 3.8) is 0 Å². The molecule has 0 spiro atoms. The summed E-state index contributed by atoms with van der Waals surface area (Å²) in [5.41, 5.74) is 10.4. The molecule has 2 N–H and O–H groups in total. The molecule has 5 rings (SSSR count). The molecule has 36 heavy (non-hydrogen) atoms. The van der Waals surface area contributed by atoms with Crippen LogP contribution >= 0.6 is 11.3 Å². The number of anilines is 1. The lowest BCUT2D eigenvalue weighted by atomic mass is 10.1. The molecule has 0 radical (unpaired) electrons. The minimum absolute atomic E-state index is 0.136. The van der Waals surface area contributed by atoms with Crippen molar-refractivity contribution in [1.29, 1.82) is 0 Å². The molecule has 3 heterocycles. The number of hydrogen-bond donors (Lipinski definition) is 1. The maximum Gasteiger partial charge on any atom is 0.272 e. The van der Waals surface area contributed by atoms with Crippen molar-refractivity contribution < 1.29 is 14.0 Å². The number of benzene rings is 2. The molecule has 5 aromatic rings. The lowest BCUT2D eigenvalue weighted by molar-refractivity contribution is -0.140. The zero-order chi connectivity index (χ0) is 25.6. The van der Waals surface area contributed by atoms with Gasteiger partial charge in [0.25, 0.3) is 5.91 Å². The van der Waals surface area contributed by atoms with E-state index in [0.29, 0.717) is 33.2 Å². The molecule has 0 aliphatic rings. The number of rotatable bonds is 4. The summed E-state index contributed by atoms with van der Waals surface area (Å²) >= 11 is 1.41. The first-order valence-electron chi connectivity index (χ1n) is 11.0. The van der Waals surface area contributed by atoms with Crippen molar-refractivity contribution in [2.45, 2.75) is 13.5 Å². The van der Waals surface area contributed by atoms with Crippen molar-refractivity contribution in [2.24, 2.45) is 7.05 Å². The second kappa shape index (κ2) is 9.00. The van der Waals surface area contributed by atoms with Crippen LogP contribution in [0.25, 0.3) is 32.2 Å². The third kappa shape index (κ3) is 4.03. The van der Waals surface area contributed by atoms with Crippen LogP contribution in [0.3, 0.4) is 0 Å².